The lowest BCUT2D eigenvalue weighted by Gasteiger charge is -2.31. The molecule has 0 aromatic rings. The minimum absolute atomic E-state index is 0.0243. The molecule has 7 nitrogen and oxygen atoms in total. The molecule has 1 heterocycles. The van der Waals surface area contributed by atoms with Crippen LogP contribution in [0, 0.1) is 17.2 Å². The summed E-state index contributed by atoms with van der Waals surface area (Å²) in [5.74, 6) is -0.218. The van der Waals surface area contributed by atoms with Gasteiger partial charge in [0.05, 0.1) is 17.6 Å². The Morgan fingerprint density at radius 3 is 2.72 bits per heavy atom. The van der Waals surface area contributed by atoms with Crippen molar-refractivity contribution in [2.24, 2.45) is 5.92 Å². The molecule has 1 amide bonds. The number of nitriles is 1. The van der Waals surface area contributed by atoms with Gasteiger partial charge < -0.3 is 15.3 Å². The molecule has 0 aromatic heterocycles. The van der Waals surface area contributed by atoms with Gasteiger partial charge in [-0.05, 0) is 19.4 Å². The van der Waals surface area contributed by atoms with Gasteiger partial charge in [0.15, 0.2) is 9.84 Å². The highest BCUT2D eigenvalue weighted by atomic mass is 32.2. The van der Waals surface area contributed by atoms with Crippen LogP contribution in [0.25, 0.3) is 0 Å². The SMILES string of the molecule is CC(O)CNC(=O)/C(C#N)=C/C1C=CC(N2CCS(=O)(=O)CC2)=CC1. The van der Waals surface area contributed by atoms with Crippen LogP contribution in [0.1, 0.15) is 13.3 Å². The van der Waals surface area contributed by atoms with E-state index in [0.717, 1.165) is 5.70 Å². The highest BCUT2D eigenvalue weighted by Gasteiger charge is 2.23. The van der Waals surface area contributed by atoms with E-state index in [4.69, 9.17) is 5.26 Å². The third-order valence-electron chi connectivity index (χ3n) is 4.13. The van der Waals surface area contributed by atoms with Crippen LogP contribution < -0.4 is 5.32 Å². The topological polar surface area (TPSA) is 110 Å². The summed E-state index contributed by atoms with van der Waals surface area (Å²) in [6, 6.07) is 1.89. The zero-order valence-electron chi connectivity index (χ0n) is 14.2. The molecule has 25 heavy (non-hydrogen) atoms. The second-order valence-electron chi connectivity index (χ2n) is 6.28. The molecule has 0 spiro atoms. The second kappa shape index (κ2) is 8.32. The van der Waals surface area contributed by atoms with E-state index < -0.39 is 21.8 Å². The molecule has 0 saturated carbocycles. The van der Waals surface area contributed by atoms with Crippen molar-refractivity contribution in [3.63, 3.8) is 0 Å². The molecule has 1 fully saturated rings. The van der Waals surface area contributed by atoms with Crippen molar-refractivity contribution < 1.29 is 18.3 Å². The molecular formula is C17H23N3O4S. The summed E-state index contributed by atoms with van der Waals surface area (Å²) in [4.78, 5) is 13.9. The van der Waals surface area contributed by atoms with E-state index in [2.05, 4.69) is 5.32 Å². The Balaban J connectivity index is 1.94. The molecular weight excluding hydrogens is 342 g/mol. The molecule has 2 atom stereocenters. The summed E-state index contributed by atoms with van der Waals surface area (Å²) in [6.45, 7) is 2.63. The molecule has 0 bridgehead atoms. The quantitative estimate of drug-likeness (QED) is 0.529. The minimum atomic E-state index is -2.91. The lowest BCUT2D eigenvalue weighted by molar-refractivity contribution is -0.117. The van der Waals surface area contributed by atoms with Gasteiger partial charge in [-0.15, -0.1) is 0 Å². The van der Waals surface area contributed by atoms with Gasteiger partial charge in [0, 0.05) is 31.2 Å². The Morgan fingerprint density at radius 1 is 1.52 bits per heavy atom. The normalized spacial score (nSPS) is 24.2. The van der Waals surface area contributed by atoms with Gasteiger partial charge in [0.1, 0.15) is 11.6 Å². The number of allylic oxidation sites excluding steroid dienone is 4. The Kier molecular flexibility index (Phi) is 6.39. The van der Waals surface area contributed by atoms with Crippen LogP contribution in [0.2, 0.25) is 0 Å². The summed E-state index contributed by atoms with van der Waals surface area (Å²) in [7, 11) is -2.91. The standard InChI is InChI=1S/C17H23N3O4S/c1-13(21)12-19-17(22)15(11-18)10-14-2-4-16(5-3-14)20-6-8-25(23,24)9-7-20/h2,4-5,10,13-14,21H,3,6-9,12H2,1H3,(H,19,22)/b15-10+. The van der Waals surface area contributed by atoms with Crippen LogP contribution in [0.5, 0.6) is 0 Å². The average Bonchev–Trinajstić information content (AvgIpc) is 2.58. The minimum Gasteiger partial charge on any atom is -0.392 e. The monoisotopic (exact) mass is 365 g/mol. The summed E-state index contributed by atoms with van der Waals surface area (Å²) in [5, 5.41) is 20.8. The summed E-state index contributed by atoms with van der Waals surface area (Å²) in [5.41, 5.74) is 1.01. The zero-order valence-corrected chi connectivity index (χ0v) is 15.0. The van der Waals surface area contributed by atoms with Gasteiger partial charge in [0.25, 0.3) is 5.91 Å². The second-order valence-corrected chi connectivity index (χ2v) is 8.58. The summed E-state index contributed by atoms with van der Waals surface area (Å²) >= 11 is 0. The van der Waals surface area contributed by atoms with Gasteiger partial charge in [-0.3, -0.25) is 4.79 Å². The van der Waals surface area contributed by atoms with Crippen molar-refractivity contribution in [1.82, 2.24) is 10.2 Å². The number of aliphatic hydroxyl groups is 1. The van der Waals surface area contributed by atoms with Crippen molar-refractivity contribution >= 4 is 15.7 Å². The molecule has 1 aliphatic carbocycles. The predicted molar refractivity (Wildman–Crippen MR) is 93.9 cm³/mol. The maximum Gasteiger partial charge on any atom is 0.261 e. The van der Waals surface area contributed by atoms with Crippen LogP contribution in [-0.2, 0) is 14.6 Å². The summed E-state index contributed by atoms with van der Waals surface area (Å²) < 4.78 is 23.0. The fourth-order valence-electron chi connectivity index (χ4n) is 2.67. The van der Waals surface area contributed by atoms with E-state index in [1.807, 2.05) is 29.2 Å². The highest BCUT2D eigenvalue weighted by molar-refractivity contribution is 7.91. The average molecular weight is 365 g/mol. The van der Waals surface area contributed by atoms with E-state index in [9.17, 15) is 18.3 Å². The van der Waals surface area contributed by atoms with E-state index in [-0.39, 0.29) is 29.5 Å². The molecule has 2 N–H and O–H groups in total. The number of sulfone groups is 1. The third-order valence-corrected chi connectivity index (χ3v) is 5.74. The Bertz CT molecular complexity index is 730. The van der Waals surface area contributed by atoms with Gasteiger partial charge in [-0.1, -0.05) is 18.2 Å². The van der Waals surface area contributed by atoms with Gasteiger partial charge in [-0.2, -0.15) is 5.26 Å². The Labute approximate surface area is 148 Å². The van der Waals surface area contributed by atoms with Crippen LogP contribution >= 0.6 is 0 Å². The number of nitrogens with zero attached hydrogens (tertiary/aromatic N) is 2. The van der Waals surface area contributed by atoms with Crippen LogP contribution in [0.4, 0.5) is 0 Å². The number of carbonyl (C=O) groups excluding carboxylic acids is 1. The fourth-order valence-corrected chi connectivity index (χ4v) is 3.87. The van der Waals surface area contributed by atoms with E-state index in [1.165, 1.54) is 0 Å². The largest absolute Gasteiger partial charge is 0.392 e. The third kappa shape index (κ3) is 5.73. The molecule has 8 heteroatoms. The van der Waals surface area contributed by atoms with Crippen molar-refractivity contribution in [3.05, 3.63) is 35.6 Å². The first-order chi connectivity index (χ1) is 11.8. The molecule has 2 unspecified atom stereocenters. The first kappa shape index (κ1) is 19.2. The fraction of sp³-hybridized carbons (Fsp3) is 0.529. The molecule has 136 valence electrons. The molecule has 1 aliphatic heterocycles. The predicted octanol–water partition coefficient (Wildman–Crippen LogP) is 0.124. The maximum absolute atomic E-state index is 11.9. The molecule has 0 radical (unpaired) electrons. The van der Waals surface area contributed by atoms with Crippen LogP contribution in [0.15, 0.2) is 35.6 Å². The van der Waals surface area contributed by atoms with Crippen molar-refractivity contribution in [1.29, 1.82) is 5.26 Å². The number of aliphatic hydroxyl groups excluding tert-OH is 1. The lowest BCUT2D eigenvalue weighted by Crippen LogP contribution is -2.39. The smallest absolute Gasteiger partial charge is 0.261 e. The van der Waals surface area contributed by atoms with Crippen LogP contribution in [0.3, 0.4) is 0 Å². The first-order valence-electron chi connectivity index (χ1n) is 8.22. The number of nitrogens with one attached hydrogen (secondary N) is 1. The first-order valence-corrected chi connectivity index (χ1v) is 10.0. The number of amides is 1. The van der Waals surface area contributed by atoms with Crippen molar-refractivity contribution in [3.8, 4) is 6.07 Å². The molecule has 1 saturated heterocycles. The van der Waals surface area contributed by atoms with E-state index >= 15 is 0 Å². The van der Waals surface area contributed by atoms with Gasteiger partial charge in [-0.25, -0.2) is 8.42 Å². The zero-order chi connectivity index (χ0) is 18.4. The Morgan fingerprint density at radius 2 is 2.20 bits per heavy atom. The molecule has 2 rings (SSSR count). The van der Waals surface area contributed by atoms with Crippen molar-refractivity contribution in [2.45, 2.75) is 19.4 Å². The Hall–Kier alpha value is -2.11. The number of hydrogen-bond acceptors (Lipinski definition) is 6. The number of rotatable bonds is 5. The number of carbonyl (C=O) groups is 1. The lowest BCUT2D eigenvalue weighted by atomic mass is 9.96. The maximum atomic E-state index is 11.9. The molecule has 0 aromatic carbocycles. The number of hydrogen-bond donors (Lipinski definition) is 2. The highest BCUT2D eigenvalue weighted by Crippen LogP contribution is 2.22. The van der Waals surface area contributed by atoms with Crippen molar-refractivity contribution in [2.75, 3.05) is 31.1 Å². The van der Waals surface area contributed by atoms with E-state index in [1.54, 1.807) is 13.0 Å². The van der Waals surface area contributed by atoms with Gasteiger partial charge >= 0.3 is 0 Å². The molecule has 2 aliphatic rings. The van der Waals surface area contributed by atoms with Gasteiger partial charge in [0.2, 0.25) is 0 Å². The van der Waals surface area contributed by atoms with Crippen LogP contribution in [-0.4, -0.2) is 61.6 Å². The van der Waals surface area contributed by atoms with E-state index in [0.29, 0.717) is 19.5 Å². The summed E-state index contributed by atoms with van der Waals surface area (Å²) in [6.07, 6.45) is 7.41.